The quantitative estimate of drug-likeness (QED) is 0.755. The van der Waals surface area contributed by atoms with Crippen LogP contribution >= 0.6 is 0 Å². The Morgan fingerprint density at radius 2 is 2.36 bits per heavy atom. The fraction of sp³-hybridized carbons (Fsp3) is 0.636. The Morgan fingerprint density at radius 1 is 1.57 bits per heavy atom. The van der Waals surface area contributed by atoms with E-state index in [2.05, 4.69) is 11.8 Å². The van der Waals surface area contributed by atoms with Crippen molar-refractivity contribution in [2.24, 2.45) is 5.73 Å². The summed E-state index contributed by atoms with van der Waals surface area (Å²) in [5.41, 5.74) is 5.78. The number of hydrogen-bond donors (Lipinski definition) is 1. The topological polar surface area (TPSA) is 42.4 Å². The van der Waals surface area contributed by atoms with Gasteiger partial charge in [0, 0.05) is 12.6 Å². The van der Waals surface area contributed by atoms with E-state index >= 15 is 0 Å². The second-order valence-electron chi connectivity index (χ2n) is 3.79. The summed E-state index contributed by atoms with van der Waals surface area (Å²) >= 11 is 0. The highest BCUT2D eigenvalue weighted by Gasteiger charge is 2.08. The summed E-state index contributed by atoms with van der Waals surface area (Å²) < 4.78 is 5.31. The first kappa shape index (κ1) is 11.3. The molecule has 0 bridgehead atoms. The molecule has 3 nitrogen and oxygen atoms in total. The van der Waals surface area contributed by atoms with Gasteiger partial charge in [-0.3, -0.25) is 4.90 Å². The van der Waals surface area contributed by atoms with Crippen molar-refractivity contribution in [1.29, 1.82) is 0 Å². The van der Waals surface area contributed by atoms with Gasteiger partial charge >= 0.3 is 0 Å². The zero-order valence-corrected chi connectivity index (χ0v) is 9.07. The van der Waals surface area contributed by atoms with E-state index in [1.165, 1.54) is 0 Å². The average molecular weight is 196 g/mol. The van der Waals surface area contributed by atoms with Gasteiger partial charge in [0.1, 0.15) is 5.76 Å². The summed E-state index contributed by atoms with van der Waals surface area (Å²) in [5.74, 6) is 1.01. The molecule has 1 rings (SSSR count). The molecule has 0 spiro atoms. The predicted molar refractivity (Wildman–Crippen MR) is 57.9 cm³/mol. The Morgan fingerprint density at radius 3 is 2.86 bits per heavy atom. The Bertz CT molecular complexity index is 231. The van der Waals surface area contributed by atoms with Gasteiger partial charge in [0.15, 0.2) is 0 Å². The number of nitrogens with two attached hydrogens (primary N) is 1. The van der Waals surface area contributed by atoms with Crippen LogP contribution in [0.2, 0.25) is 0 Å². The molecule has 1 heterocycles. The summed E-state index contributed by atoms with van der Waals surface area (Å²) in [7, 11) is 0. The molecule has 0 saturated carbocycles. The fourth-order valence-electron chi connectivity index (χ4n) is 1.58. The lowest BCUT2D eigenvalue weighted by Crippen LogP contribution is -2.35. The summed E-state index contributed by atoms with van der Waals surface area (Å²) in [4.78, 5) is 2.32. The molecule has 0 aliphatic rings. The monoisotopic (exact) mass is 196 g/mol. The Labute approximate surface area is 85.9 Å². The highest BCUT2D eigenvalue weighted by Crippen LogP contribution is 2.06. The van der Waals surface area contributed by atoms with E-state index in [1.54, 1.807) is 6.26 Å². The van der Waals surface area contributed by atoms with Gasteiger partial charge < -0.3 is 10.2 Å². The van der Waals surface area contributed by atoms with Crippen molar-refractivity contribution in [2.45, 2.75) is 32.9 Å². The van der Waals surface area contributed by atoms with E-state index in [9.17, 15) is 0 Å². The summed E-state index contributed by atoms with van der Waals surface area (Å²) in [6.45, 7) is 7.07. The van der Waals surface area contributed by atoms with Gasteiger partial charge in [-0.2, -0.15) is 0 Å². The van der Waals surface area contributed by atoms with Gasteiger partial charge in [0.05, 0.1) is 12.8 Å². The van der Waals surface area contributed by atoms with E-state index in [-0.39, 0.29) is 6.04 Å². The second-order valence-corrected chi connectivity index (χ2v) is 3.79. The first-order chi connectivity index (χ1) is 6.72. The molecule has 2 N–H and O–H groups in total. The van der Waals surface area contributed by atoms with E-state index in [4.69, 9.17) is 10.2 Å². The van der Waals surface area contributed by atoms with Crippen LogP contribution in [0.3, 0.4) is 0 Å². The lowest BCUT2D eigenvalue weighted by molar-refractivity contribution is 0.233. The summed E-state index contributed by atoms with van der Waals surface area (Å²) in [5, 5.41) is 0. The average Bonchev–Trinajstić information content (AvgIpc) is 2.56. The number of nitrogens with zero attached hydrogens (tertiary/aromatic N) is 1. The Balaban J connectivity index is 2.42. The molecule has 1 atom stereocenters. The van der Waals surface area contributed by atoms with Crippen molar-refractivity contribution in [1.82, 2.24) is 4.90 Å². The lowest BCUT2D eigenvalue weighted by atomic mass is 10.3. The maximum absolute atomic E-state index is 5.78. The molecule has 0 radical (unpaired) electrons. The van der Waals surface area contributed by atoms with Gasteiger partial charge in [0.25, 0.3) is 0 Å². The lowest BCUT2D eigenvalue weighted by Gasteiger charge is -2.22. The second kappa shape index (κ2) is 5.83. The van der Waals surface area contributed by atoms with Crippen LogP contribution in [-0.2, 0) is 6.54 Å². The SMILES string of the molecule is CCCN(Cc1ccco1)C[C@H](C)N. The normalized spacial score (nSPS) is 13.4. The number of hydrogen-bond acceptors (Lipinski definition) is 3. The molecular formula is C11H20N2O. The maximum Gasteiger partial charge on any atom is 0.117 e. The van der Waals surface area contributed by atoms with Crippen molar-refractivity contribution in [3.8, 4) is 0 Å². The smallest absolute Gasteiger partial charge is 0.117 e. The molecule has 0 fully saturated rings. The Kier molecular flexibility index (Phi) is 4.70. The minimum absolute atomic E-state index is 0.219. The molecule has 1 aromatic heterocycles. The van der Waals surface area contributed by atoms with E-state index in [0.717, 1.165) is 31.8 Å². The van der Waals surface area contributed by atoms with Crippen LogP contribution in [0.25, 0.3) is 0 Å². The van der Waals surface area contributed by atoms with Crippen LogP contribution in [0, 0.1) is 0 Å². The third-order valence-corrected chi connectivity index (χ3v) is 2.05. The third-order valence-electron chi connectivity index (χ3n) is 2.05. The van der Waals surface area contributed by atoms with Gasteiger partial charge in [-0.1, -0.05) is 6.92 Å². The van der Waals surface area contributed by atoms with Crippen LogP contribution in [0.4, 0.5) is 0 Å². The maximum atomic E-state index is 5.78. The van der Waals surface area contributed by atoms with Crippen LogP contribution < -0.4 is 5.73 Å². The van der Waals surface area contributed by atoms with E-state index in [0.29, 0.717) is 0 Å². The van der Waals surface area contributed by atoms with Crippen LogP contribution in [0.15, 0.2) is 22.8 Å². The molecular weight excluding hydrogens is 176 g/mol. The minimum Gasteiger partial charge on any atom is -0.468 e. The summed E-state index contributed by atoms with van der Waals surface area (Å²) in [6, 6.07) is 4.14. The zero-order chi connectivity index (χ0) is 10.4. The van der Waals surface area contributed by atoms with Crippen molar-refractivity contribution in [3.05, 3.63) is 24.2 Å². The fourth-order valence-corrected chi connectivity index (χ4v) is 1.58. The van der Waals surface area contributed by atoms with Crippen LogP contribution in [0.1, 0.15) is 26.0 Å². The molecule has 0 aromatic carbocycles. The van der Waals surface area contributed by atoms with Crippen molar-refractivity contribution in [2.75, 3.05) is 13.1 Å². The highest BCUT2D eigenvalue weighted by atomic mass is 16.3. The standard InChI is InChI=1S/C11H20N2O/c1-3-6-13(8-10(2)12)9-11-5-4-7-14-11/h4-5,7,10H,3,6,8-9,12H2,1-2H3/t10-/m0/s1. The van der Waals surface area contributed by atoms with Gasteiger partial charge in [0.2, 0.25) is 0 Å². The molecule has 0 amide bonds. The van der Waals surface area contributed by atoms with Gasteiger partial charge in [-0.05, 0) is 32.0 Å². The molecule has 14 heavy (non-hydrogen) atoms. The first-order valence-electron chi connectivity index (χ1n) is 5.22. The van der Waals surface area contributed by atoms with E-state index in [1.807, 2.05) is 19.1 Å². The third kappa shape index (κ3) is 3.94. The number of rotatable bonds is 6. The summed E-state index contributed by atoms with van der Waals surface area (Å²) in [6.07, 6.45) is 2.86. The van der Waals surface area contributed by atoms with Crippen LogP contribution in [-0.4, -0.2) is 24.0 Å². The van der Waals surface area contributed by atoms with E-state index < -0.39 is 0 Å². The van der Waals surface area contributed by atoms with Crippen molar-refractivity contribution in [3.63, 3.8) is 0 Å². The molecule has 3 heteroatoms. The largest absolute Gasteiger partial charge is 0.468 e. The minimum atomic E-state index is 0.219. The van der Waals surface area contributed by atoms with Crippen molar-refractivity contribution >= 4 is 0 Å². The molecule has 0 unspecified atom stereocenters. The molecule has 0 aliphatic heterocycles. The first-order valence-corrected chi connectivity index (χ1v) is 5.22. The number of furan rings is 1. The predicted octanol–water partition coefficient (Wildman–Crippen LogP) is 1.84. The zero-order valence-electron chi connectivity index (χ0n) is 9.07. The Hall–Kier alpha value is -0.800. The van der Waals surface area contributed by atoms with Gasteiger partial charge in [-0.25, -0.2) is 0 Å². The van der Waals surface area contributed by atoms with Gasteiger partial charge in [-0.15, -0.1) is 0 Å². The van der Waals surface area contributed by atoms with Crippen LogP contribution in [0.5, 0.6) is 0 Å². The molecule has 0 aliphatic carbocycles. The molecule has 80 valence electrons. The van der Waals surface area contributed by atoms with Crippen molar-refractivity contribution < 1.29 is 4.42 Å². The molecule has 0 saturated heterocycles. The molecule has 1 aromatic rings. The highest BCUT2D eigenvalue weighted by molar-refractivity contribution is 4.97.